The summed E-state index contributed by atoms with van der Waals surface area (Å²) in [6.07, 6.45) is -3.74. The molecule has 2 aromatic heterocycles. The molecule has 0 unspecified atom stereocenters. The van der Waals surface area contributed by atoms with E-state index in [0.29, 0.717) is 16.4 Å². The summed E-state index contributed by atoms with van der Waals surface area (Å²) in [7, 11) is 0. The molecule has 0 fully saturated rings. The highest BCUT2D eigenvalue weighted by atomic mass is 35.5. The van der Waals surface area contributed by atoms with Crippen molar-refractivity contribution in [1.82, 2.24) is 19.1 Å². The van der Waals surface area contributed by atoms with Gasteiger partial charge in [-0.25, -0.2) is 9.97 Å². The SMILES string of the molecule is CC(C)n1cnc2c(=O)n(-c3ccc(Cl)cc3)c(SCCC(F)(F)F)nc21. The van der Waals surface area contributed by atoms with Crippen molar-refractivity contribution in [3.8, 4) is 5.69 Å². The van der Waals surface area contributed by atoms with Crippen LogP contribution < -0.4 is 5.56 Å². The monoisotopic (exact) mass is 416 g/mol. The minimum absolute atomic E-state index is 0.00121. The zero-order chi connectivity index (χ0) is 19.8. The van der Waals surface area contributed by atoms with Crippen molar-refractivity contribution >= 4 is 34.5 Å². The lowest BCUT2D eigenvalue weighted by molar-refractivity contribution is -0.129. The maximum absolute atomic E-state index is 13.0. The fraction of sp³-hybridized carbons (Fsp3) is 0.353. The summed E-state index contributed by atoms with van der Waals surface area (Å²) in [6.45, 7) is 3.81. The first kappa shape index (κ1) is 19.8. The molecule has 0 aliphatic carbocycles. The topological polar surface area (TPSA) is 52.7 Å². The summed E-state index contributed by atoms with van der Waals surface area (Å²) in [6, 6.07) is 6.44. The minimum Gasteiger partial charge on any atom is -0.312 e. The molecule has 1 aromatic carbocycles. The van der Waals surface area contributed by atoms with Crippen LogP contribution in [0, 0.1) is 0 Å². The predicted octanol–water partition coefficient (Wildman–Crippen LogP) is 4.86. The Morgan fingerprint density at radius 3 is 2.48 bits per heavy atom. The van der Waals surface area contributed by atoms with Gasteiger partial charge in [0, 0.05) is 16.8 Å². The molecule has 0 spiro atoms. The van der Waals surface area contributed by atoms with Gasteiger partial charge in [-0.05, 0) is 38.1 Å². The molecule has 144 valence electrons. The Labute approximate surface area is 162 Å². The lowest BCUT2D eigenvalue weighted by Crippen LogP contribution is -2.22. The molecule has 5 nitrogen and oxygen atoms in total. The van der Waals surface area contributed by atoms with Crippen molar-refractivity contribution in [3.63, 3.8) is 0 Å². The normalized spacial score (nSPS) is 12.3. The number of fused-ring (bicyclic) bond motifs is 1. The standard InChI is InChI=1S/C17H16ClF3N4OS/c1-10(2)24-9-22-13-14(24)23-16(27-8-7-17(19,20)21)25(15(13)26)12-5-3-11(18)4-6-12/h3-6,9-10H,7-8H2,1-2H3. The molecule has 3 aromatic rings. The van der Waals surface area contributed by atoms with Crippen LogP contribution in [0.4, 0.5) is 13.2 Å². The molecule has 3 rings (SSSR count). The van der Waals surface area contributed by atoms with Crippen LogP contribution in [-0.4, -0.2) is 31.0 Å². The number of nitrogens with zero attached hydrogens (tertiary/aromatic N) is 4. The summed E-state index contributed by atoms with van der Waals surface area (Å²) in [5.41, 5.74) is 0.553. The molecular weight excluding hydrogens is 401 g/mol. The third kappa shape index (κ3) is 4.30. The number of aromatic nitrogens is 4. The van der Waals surface area contributed by atoms with Gasteiger partial charge in [0.15, 0.2) is 16.3 Å². The van der Waals surface area contributed by atoms with Gasteiger partial charge >= 0.3 is 6.18 Å². The summed E-state index contributed by atoms with van der Waals surface area (Å²) in [5, 5.41) is 0.665. The first-order valence-corrected chi connectivity index (χ1v) is 9.49. The molecule has 10 heteroatoms. The van der Waals surface area contributed by atoms with Crippen molar-refractivity contribution in [1.29, 1.82) is 0 Å². The first-order valence-electron chi connectivity index (χ1n) is 8.12. The van der Waals surface area contributed by atoms with E-state index < -0.39 is 18.2 Å². The van der Waals surface area contributed by atoms with Gasteiger partial charge in [-0.3, -0.25) is 9.36 Å². The van der Waals surface area contributed by atoms with Crippen LogP contribution in [0.25, 0.3) is 16.9 Å². The van der Waals surface area contributed by atoms with Gasteiger partial charge in [-0.1, -0.05) is 23.4 Å². The second kappa shape index (κ2) is 7.55. The Morgan fingerprint density at radius 2 is 1.89 bits per heavy atom. The summed E-state index contributed by atoms with van der Waals surface area (Å²) in [4.78, 5) is 21.6. The van der Waals surface area contributed by atoms with Gasteiger partial charge in [0.05, 0.1) is 18.4 Å². The van der Waals surface area contributed by atoms with Crippen LogP contribution in [0.2, 0.25) is 5.02 Å². The zero-order valence-electron chi connectivity index (χ0n) is 14.5. The molecule has 0 aliphatic rings. The third-order valence-electron chi connectivity index (χ3n) is 3.82. The molecular formula is C17H16ClF3N4OS. The van der Waals surface area contributed by atoms with E-state index in [9.17, 15) is 18.0 Å². The number of hydrogen-bond acceptors (Lipinski definition) is 4. The van der Waals surface area contributed by atoms with Gasteiger partial charge in [0.1, 0.15) is 0 Å². The predicted molar refractivity (Wildman–Crippen MR) is 99.9 cm³/mol. The van der Waals surface area contributed by atoms with Crippen LogP contribution in [-0.2, 0) is 0 Å². The number of benzene rings is 1. The highest BCUT2D eigenvalue weighted by Gasteiger charge is 2.27. The van der Waals surface area contributed by atoms with Crippen LogP contribution >= 0.6 is 23.4 Å². The molecule has 27 heavy (non-hydrogen) atoms. The number of thioether (sulfide) groups is 1. The first-order chi connectivity index (χ1) is 12.7. The van der Waals surface area contributed by atoms with Crippen molar-refractivity contribution in [2.45, 2.75) is 37.6 Å². The van der Waals surface area contributed by atoms with E-state index in [2.05, 4.69) is 9.97 Å². The van der Waals surface area contributed by atoms with Crippen LogP contribution in [0.15, 0.2) is 40.5 Å². The molecule has 0 atom stereocenters. The second-order valence-corrected chi connectivity index (χ2v) is 7.64. The Bertz CT molecular complexity index is 1010. The molecule has 0 N–H and O–H groups in total. The fourth-order valence-electron chi connectivity index (χ4n) is 2.50. The quantitative estimate of drug-likeness (QED) is 0.440. The van der Waals surface area contributed by atoms with Gasteiger partial charge in [-0.15, -0.1) is 0 Å². The maximum atomic E-state index is 13.0. The lowest BCUT2D eigenvalue weighted by Gasteiger charge is -2.14. The van der Waals surface area contributed by atoms with E-state index in [0.717, 1.165) is 11.8 Å². The number of alkyl halides is 3. The van der Waals surface area contributed by atoms with E-state index in [1.165, 1.54) is 10.9 Å². The molecule has 0 aliphatic heterocycles. The highest BCUT2D eigenvalue weighted by Crippen LogP contribution is 2.27. The number of halogens is 4. The average Bonchev–Trinajstić information content (AvgIpc) is 2.99. The maximum Gasteiger partial charge on any atom is 0.389 e. The van der Waals surface area contributed by atoms with Crippen LogP contribution in [0.5, 0.6) is 0 Å². The van der Waals surface area contributed by atoms with E-state index >= 15 is 0 Å². The van der Waals surface area contributed by atoms with Crippen molar-refractivity contribution < 1.29 is 13.2 Å². The average molecular weight is 417 g/mol. The highest BCUT2D eigenvalue weighted by molar-refractivity contribution is 7.99. The van der Waals surface area contributed by atoms with Gasteiger partial charge in [-0.2, -0.15) is 13.2 Å². The summed E-state index contributed by atoms with van der Waals surface area (Å²) < 4.78 is 40.6. The Kier molecular flexibility index (Phi) is 5.53. The third-order valence-corrected chi connectivity index (χ3v) is 5.02. The smallest absolute Gasteiger partial charge is 0.312 e. The van der Waals surface area contributed by atoms with Crippen molar-refractivity contribution in [2.24, 2.45) is 0 Å². The second-order valence-electron chi connectivity index (χ2n) is 6.14. The van der Waals surface area contributed by atoms with Crippen molar-refractivity contribution in [3.05, 3.63) is 46.0 Å². The Hall–Kier alpha value is -2.00. The fourth-order valence-corrected chi connectivity index (χ4v) is 3.61. The molecule has 0 saturated carbocycles. The number of imidazole rings is 1. The summed E-state index contributed by atoms with van der Waals surface area (Å²) >= 11 is 6.78. The van der Waals surface area contributed by atoms with Gasteiger partial charge in [0.25, 0.3) is 5.56 Å². The molecule has 0 radical (unpaired) electrons. The lowest BCUT2D eigenvalue weighted by atomic mass is 10.3. The van der Waals surface area contributed by atoms with Crippen LogP contribution in [0.3, 0.4) is 0 Å². The Morgan fingerprint density at radius 1 is 1.22 bits per heavy atom. The molecule has 0 saturated heterocycles. The van der Waals surface area contributed by atoms with E-state index in [-0.39, 0.29) is 22.5 Å². The summed E-state index contributed by atoms with van der Waals surface area (Å²) in [5.74, 6) is -0.245. The molecule has 0 bridgehead atoms. The van der Waals surface area contributed by atoms with Crippen LogP contribution in [0.1, 0.15) is 26.3 Å². The van der Waals surface area contributed by atoms with Gasteiger partial charge < -0.3 is 4.57 Å². The van der Waals surface area contributed by atoms with Crippen molar-refractivity contribution in [2.75, 3.05) is 5.75 Å². The minimum atomic E-state index is -4.28. The Balaban J connectivity index is 2.15. The number of rotatable bonds is 5. The molecule has 2 heterocycles. The van der Waals surface area contributed by atoms with E-state index in [1.807, 2.05) is 13.8 Å². The van der Waals surface area contributed by atoms with Gasteiger partial charge in [0.2, 0.25) is 0 Å². The van der Waals surface area contributed by atoms with E-state index in [1.54, 1.807) is 28.8 Å². The molecule has 0 amide bonds. The largest absolute Gasteiger partial charge is 0.389 e. The van der Waals surface area contributed by atoms with E-state index in [4.69, 9.17) is 11.6 Å². The zero-order valence-corrected chi connectivity index (χ0v) is 16.1. The number of hydrogen-bond donors (Lipinski definition) is 0.